The summed E-state index contributed by atoms with van der Waals surface area (Å²) < 4.78 is 0. The van der Waals surface area contributed by atoms with E-state index in [0.717, 1.165) is 5.56 Å². The molecular weight excluding hydrogens is 173 g/mol. The molecule has 0 fully saturated rings. The molecule has 1 aromatic carbocycles. The second kappa shape index (κ2) is 5.94. The Hall–Kier alpha value is 0.396. The molecule has 0 aliphatic carbocycles. The van der Waals surface area contributed by atoms with Crippen molar-refractivity contribution in [3.05, 3.63) is 53.4 Å². The van der Waals surface area contributed by atoms with Crippen LogP contribution in [0.15, 0.2) is 36.5 Å². The first-order valence-corrected chi connectivity index (χ1v) is 3.63. The van der Waals surface area contributed by atoms with Crippen LogP contribution < -0.4 is 51.4 Å². The van der Waals surface area contributed by atoms with Gasteiger partial charge in [0.05, 0.1) is 0 Å². The van der Waals surface area contributed by atoms with Gasteiger partial charge in [0.1, 0.15) is 0 Å². The van der Waals surface area contributed by atoms with Gasteiger partial charge in [0.2, 0.25) is 0 Å². The van der Waals surface area contributed by atoms with Crippen LogP contribution in [0.1, 0.15) is 11.1 Å². The molecule has 0 aromatic heterocycles. The molecule has 0 heterocycles. The van der Waals surface area contributed by atoms with Gasteiger partial charge in [-0.25, -0.2) is 0 Å². The summed E-state index contributed by atoms with van der Waals surface area (Å²) in [5, 5.41) is 0. The first-order chi connectivity index (χ1) is 5.18. The van der Waals surface area contributed by atoms with Crippen LogP contribution in [0.4, 0.5) is 0 Å². The molecule has 0 saturated carbocycles. The number of nitrogens with one attached hydrogen (secondary N) is 1. The summed E-state index contributed by atoms with van der Waals surface area (Å²) in [6.45, 7) is 5.59. The van der Waals surface area contributed by atoms with E-state index in [1.807, 2.05) is 12.1 Å². The zero-order chi connectivity index (χ0) is 8.27. The van der Waals surface area contributed by atoms with Gasteiger partial charge in [-0.3, -0.25) is 0 Å². The van der Waals surface area contributed by atoms with Gasteiger partial charge in [0.25, 0.3) is 0 Å². The van der Waals surface area contributed by atoms with Gasteiger partial charge in [-0.2, -0.15) is 5.70 Å². The first-order valence-electron chi connectivity index (χ1n) is 3.63. The van der Waals surface area contributed by atoms with Gasteiger partial charge in [-0.15, -0.1) is 6.58 Å². The van der Waals surface area contributed by atoms with Crippen LogP contribution in [0, 0.1) is 6.92 Å². The average molecular weight is 185 g/mol. The second-order valence-electron chi connectivity index (χ2n) is 2.77. The Kier molecular flexibility index (Phi) is 6.14. The molecule has 12 heavy (non-hydrogen) atoms. The molecule has 0 aliphatic rings. The molecule has 0 aliphatic heterocycles. The molecule has 1 aromatic rings. The molecular formula is C10H12KN. The summed E-state index contributed by atoms with van der Waals surface area (Å²) in [5.41, 5.74) is 10.1. The number of benzene rings is 1. The summed E-state index contributed by atoms with van der Waals surface area (Å²) >= 11 is 0. The Labute approximate surface area is 116 Å². The minimum atomic E-state index is 0. The Balaban J connectivity index is 0.00000121. The maximum absolute atomic E-state index is 7.17. The molecule has 0 saturated heterocycles. The number of hydrogen-bond donors (Lipinski definition) is 0. The van der Waals surface area contributed by atoms with Crippen LogP contribution in [-0.2, 0) is 6.42 Å². The first kappa shape index (κ1) is 12.4. The van der Waals surface area contributed by atoms with E-state index in [9.17, 15) is 0 Å². The van der Waals surface area contributed by atoms with Crippen molar-refractivity contribution in [3.63, 3.8) is 0 Å². The van der Waals surface area contributed by atoms with E-state index in [4.69, 9.17) is 5.73 Å². The van der Waals surface area contributed by atoms with Crippen molar-refractivity contribution in [1.29, 1.82) is 0 Å². The van der Waals surface area contributed by atoms with Gasteiger partial charge in [0.15, 0.2) is 0 Å². The van der Waals surface area contributed by atoms with Crippen LogP contribution in [0.2, 0.25) is 0 Å². The Morgan fingerprint density at radius 1 is 1.33 bits per heavy atom. The number of allylic oxidation sites excluding steroid dienone is 1. The molecule has 1 rings (SSSR count). The predicted octanol–water partition coefficient (Wildman–Crippen LogP) is 0.107. The Bertz CT molecular complexity index is 251. The summed E-state index contributed by atoms with van der Waals surface area (Å²) in [4.78, 5) is 0. The van der Waals surface area contributed by atoms with E-state index in [1.54, 1.807) is 0 Å². The number of rotatable bonds is 2. The fourth-order valence-corrected chi connectivity index (χ4v) is 0.952. The maximum Gasteiger partial charge on any atom is 1.00 e. The average Bonchev–Trinajstić information content (AvgIpc) is 1.93. The fraction of sp³-hybridized carbons (Fsp3) is 0.200. The number of aryl methyl sites for hydroxylation is 1. The molecule has 0 radical (unpaired) electrons. The Morgan fingerprint density at radius 2 is 1.83 bits per heavy atom. The number of hydrogen-bond acceptors (Lipinski definition) is 0. The molecule has 0 amide bonds. The molecule has 1 nitrogen and oxygen atoms in total. The van der Waals surface area contributed by atoms with Crippen LogP contribution in [-0.4, -0.2) is 0 Å². The van der Waals surface area contributed by atoms with Gasteiger partial charge >= 0.3 is 51.4 Å². The largest absolute Gasteiger partial charge is 1.00 e. The summed E-state index contributed by atoms with van der Waals surface area (Å²) in [6.07, 6.45) is 0.667. The quantitative estimate of drug-likeness (QED) is 0.584. The predicted molar refractivity (Wildman–Crippen MR) is 48.3 cm³/mol. The molecule has 58 valence electrons. The normalized spacial score (nSPS) is 8.75. The minimum absolute atomic E-state index is 0. The third-order valence-corrected chi connectivity index (χ3v) is 1.54. The minimum Gasteiger partial charge on any atom is -0.702 e. The topological polar surface area (TPSA) is 23.8 Å². The van der Waals surface area contributed by atoms with Gasteiger partial charge in [-0.1, -0.05) is 29.8 Å². The van der Waals surface area contributed by atoms with Crippen LogP contribution >= 0.6 is 0 Å². The van der Waals surface area contributed by atoms with Crippen LogP contribution in [0.25, 0.3) is 5.73 Å². The van der Waals surface area contributed by atoms with Crippen molar-refractivity contribution in [3.8, 4) is 0 Å². The van der Waals surface area contributed by atoms with Crippen molar-refractivity contribution in [1.82, 2.24) is 0 Å². The van der Waals surface area contributed by atoms with Gasteiger partial charge in [-0.05, 0) is 18.9 Å². The monoisotopic (exact) mass is 185 g/mol. The van der Waals surface area contributed by atoms with Crippen molar-refractivity contribution >= 4 is 0 Å². The van der Waals surface area contributed by atoms with Crippen molar-refractivity contribution < 1.29 is 51.4 Å². The van der Waals surface area contributed by atoms with Crippen molar-refractivity contribution in [2.45, 2.75) is 13.3 Å². The smallest absolute Gasteiger partial charge is 0.702 e. The van der Waals surface area contributed by atoms with E-state index in [1.165, 1.54) is 5.56 Å². The van der Waals surface area contributed by atoms with Gasteiger partial charge < -0.3 is 5.73 Å². The summed E-state index contributed by atoms with van der Waals surface area (Å²) in [6, 6.07) is 8.18. The summed E-state index contributed by atoms with van der Waals surface area (Å²) in [5.74, 6) is 0. The molecule has 0 atom stereocenters. The van der Waals surface area contributed by atoms with Crippen LogP contribution in [0.3, 0.4) is 0 Å². The SMILES string of the molecule is C=C([NH-])Cc1ccc(C)cc1.[K+]. The third-order valence-electron chi connectivity index (χ3n) is 1.54. The second-order valence-corrected chi connectivity index (χ2v) is 2.77. The molecule has 0 spiro atoms. The van der Waals surface area contributed by atoms with E-state index in [2.05, 4.69) is 25.6 Å². The van der Waals surface area contributed by atoms with Crippen molar-refractivity contribution in [2.75, 3.05) is 0 Å². The molecule has 1 N–H and O–H groups in total. The third kappa shape index (κ3) is 4.43. The van der Waals surface area contributed by atoms with Crippen LogP contribution in [0.5, 0.6) is 0 Å². The standard InChI is InChI=1S/C10H12N.K/c1-8-3-5-10(6-4-8)7-9(2)11;/h3-6,11H,2,7H2,1H3;/q-1;+1. The maximum atomic E-state index is 7.17. The fourth-order valence-electron chi connectivity index (χ4n) is 0.952. The molecule has 0 bridgehead atoms. The van der Waals surface area contributed by atoms with E-state index < -0.39 is 0 Å². The zero-order valence-electron chi connectivity index (χ0n) is 7.72. The Morgan fingerprint density at radius 3 is 2.25 bits per heavy atom. The van der Waals surface area contributed by atoms with Gasteiger partial charge in [0, 0.05) is 0 Å². The zero-order valence-corrected chi connectivity index (χ0v) is 10.8. The van der Waals surface area contributed by atoms with E-state index in [0.29, 0.717) is 12.1 Å². The van der Waals surface area contributed by atoms with E-state index >= 15 is 0 Å². The molecule has 0 unspecified atom stereocenters. The summed E-state index contributed by atoms with van der Waals surface area (Å²) in [7, 11) is 0. The molecule has 2 heteroatoms. The van der Waals surface area contributed by atoms with E-state index in [-0.39, 0.29) is 51.4 Å². The van der Waals surface area contributed by atoms with Crippen molar-refractivity contribution in [2.24, 2.45) is 0 Å².